The van der Waals surface area contributed by atoms with Gasteiger partial charge in [-0.3, -0.25) is 0 Å². The van der Waals surface area contributed by atoms with E-state index in [1.54, 1.807) is 11.8 Å². The first-order chi connectivity index (χ1) is 6.79. The summed E-state index contributed by atoms with van der Waals surface area (Å²) >= 11 is 0. The Hall–Kier alpha value is -0.290. The lowest BCUT2D eigenvalue weighted by Crippen LogP contribution is -2.31. The minimum atomic E-state index is -4.07. The van der Waals surface area contributed by atoms with Crippen molar-refractivity contribution in [2.75, 3.05) is 19.6 Å². The van der Waals surface area contributed by atoms with Crippen molar-refractivity contribution in [2.45, 2.75) is 44.4 Å². The molecule has 1 atom stereocenters. The highest BCUT2D eigenvalue weighted by molar-refractivity contribution is 4.79. The lowest BCUT2D eigenvalue weighted by Gasteiger charge is -2.22. The lowest BCUT2D eigenvalue weighted by molar-refractivity contribution is -0.137. The average molecular weight is 225 g/mol. The van der Waals surface area contributed by atoms with Crippen LogP contribution in [-0.2, 0) is 0 Å². The Bertz CT molecular complexity index is 203. The molecular weight excluding hydrogens is 207 g/mol. The van der Waals surface area contributed by atoms with E-state index >= 15 is 0 Å². The Morgan fingerprint density at radius 1 is 1.27 bits per heavy atom. The van der Waals surface area contributed by atoms with Crippen LogP contribution in [0.4, 0.5) is 13.2 Å². The molecule has 1 rings (SSSR count). The van der Waals surface area contributed by atoms with Crippen LogP contribution in [0.25, 0.3) is 0 Å². The van der Waals surface area contributed by atoms with Crippen LogP contribution >= 0.6 is 0 Å². The maximum Gasteiger partial charge on any atom is 0.390 e. The summed E-state index contributed by atoms with van der Waals surface area (Å²) in [6.07, 6.45) is -2.82. The molecule has 1 N–H and O–H groups in total. The van der Waals surface area contributed by atoms with Crippen molar-refractivity contribution in [3.8, 4) is 0 Å². The highest BCUT2D eigenvalue weighted by atomic mass is 19.4. The van der Waals surface area contributed by atoms with Crippen LogP contribution in [0.5, 0.6) is 0 Å². The van der Waals surface area contributed by atoms with Crippen molar-refractivity contribution in [2.24, 2.45) is 0 Å². The summed E-state index contributed by atoms with van der Waals surface area (Å²) in [5.74, 6) is 0. The molecule has 0 aromatic rings. The van der Waals surface area contributed by atoms with E-state index in [-0.39, 0.29) is 6.54 Å². The average Bonchev–Trinajstić information content (AvgIpc) is 2.22. The maximum absolute atomic E-state index is 12.0. The minimum absolute atomic E-state index is 0.0551. The third-order valence-electron chi connectivity index (χ3n) is 2.87. The first-order valence-electron chi connectivity index (χ1n) is 5.30. The number of hydrogen-bond donors (Lipinski definition) is 1. The summed E-state index contributed by atoms with van der Waals surface area (Å²) in [5.41, 5.74) is -0.701. The fourth-order valence-electron chi connectivity index (χ4n) is 1.83. The lowest BCUT2D eigenvalue weighted by atomic mass is 9.98. The molecule has 1 heterocycles. The molecule has 0 aromatic carbocycles. The predicted octanol–water partition coefficient (Wildman–Crippen LogP) is 2.18. The predicted molar refractivity (Wildman–Crippen MR) is 51.6 cm³/mol. The van der Waals surface area contributed by atoms with Crippen LogP contribution in [-0.4, -0.2) is 41.4 Å². The van der Waals surface area contributed by atoms with Crippen molar-refractivity contribution >= 4 is 0 Å². The van der Waals surface area contributed by atoms with Crippen molar-refractivity contribution in [3.63, 3.8) is 0 Å². The van der Waals surface area contributed by atoms with Gasteiger partial charge in [0.1, 0.15) is 0 Å². The van der Waals surface area contributed by atoms with Gasteiger partial charge >= 0.3 is 6.18 Å². The number of rotatable bonds is 2. The van der Waals surface area contributed by atoms with Gasteiger partial charge in [0.25, 0.3) is 0 Å². The molecule has 5 heteroatoms. The number of alkyl halides is 3. The van der Waals surface area contributed by atoms with E-state index in [2.05, 4.69) is 0 Å². The fourth-order valence-corrected chi connectivity index (χ4v) is 1.83. The largest absolute Gasteiger partial charge is 0.390 e. The molecule has 0 aromatic heterocycles. The number of aliphatic hydroxyl groups is 1. The van der Waals surface area contributed by atoms with Crippen LogP contribution in [0, 0.1) is 0 Å². The monoisotopic (exact) mass is 225 g/mol. The zero-order chi connectivity index (χ0) is 11.5. The van der Waals surface area contributed by atoms with Crippen molar-refractivity contribution in [1.29, 1.82) is 0 Å². The van der Waals surface area contributed by atoms with Crippen molar-refractivity contribution in [1.82, 2.24) is 4.90 Å². The first kappa shape index (κ1) is 12.8. The Balaban J connectivity index is 2.32. The zero-order valence-electron chi connectivity index (χ0n) is 8.98. The van der Waals surface area contributed by atoms with Crippen molar-refractivity contribution < 1.29 is 18.3 Å². The molecule has 15 heavy (non-hydrogen) atoms. The molecule has 1 aliphatic rings. The molecule has 1 aliphatic heterocycles. The molecular formula is C10H18F3NO. The summed E-state index contributed by atoms with van der Waals surface area (Å²) < 4.78 is 36.0. The fraction of sp³-hybridized carbons (Fsp3) is 1.00. The first-order valence-corrected chi connectivity index (χ1v) is 5.30. The molecule has 0 spiro atoms. The minimum Gasteiger partial charge on any atom is -0.390 e. The second-order valence-corrected chi connectivity index (χ2v) is 4.56. The molecule has 0 radical (unpaired) electrons. The molecule has 1 unspecified atom stereocenters. The van der Waals surface area contributed by atoms with E-state index < -0.39 is 18.2 Å². The zero-order valence-corrected chi connectivity index (χ0v) is 8.98. The van der Waals surface area contributed by atoms with E-state index in [0.717, 1.165) is 6.42 Å². The van der Waals surface area contributed by atoms with E-state index in [1.807, 2.05) is 0 Å². The summed E-state index contributed by atoms with van der Waals surface area (Å²) in [6, 6.07) is 0. The van der Waals surface area contributed by atoms with Crippen LogP contribution < -0.4 is 0 Å². The van der Waals surface area contributed by atoms with Gasteiger partial charge in [-0.2, -0.15) is 13.2 Å². The highest BCUT2D eigenvalue weighted by Crippen LogP contribution is 2.24. The van der Waals surface area contributed by atoms with Gasteiger partial charge in [-0.1, -0.05) is 0 Å². The molecule has 90 valence electrons. The van der Waals surface area contributed by atoms with Crippen molar-refractivity contribution in [3.05, 3.63) is 0 Å². The molecule has 0 aliphatic carbocycles. The van der Waals surface area contributed by atoms with E-state index in [1.165, 1.54) is 0 Å². The summed E-state index contributed by atoms with van der Waals surface area (Å²) in [7, 11) is 0. The second-order valence-electron chi connectivity index (χ2n) is 4.56. The number of likely N-dealkylation sites (tertiary alicyclic amines) is 1. The summed E-state index contributed by atoms with van der Waals surface area (Å²) in [4.78, 5) is 1.79. The molecule has 0 saturated carbocycles. The second kappa shape index (κ2) is 4.70. The smallest absolute Gasteiger partial charge is 0.390 e. The number of halogens is 3. The topological polar surface area (TPSA) is 23.5 Å². The van der Waals surface area contributed by atoms with Gasteiger partial charge in [0.05, 0.1) is 12.0 Å². The third kappa shape index (κ3) is 5.37. The van der Waals surface area contributed by atoms with Crippen LogP contribution in [0.1, 0.15) is 32.6 Å². The Morgan fingerprint density at radius 2 is 1.93 bits per heavy atom. The third-order valence-corrected chi connectivity index (χ3v) is 2.87. The normalized spacial score (nSPS) is 30.2. The molecule has 2 nitrogen and oxygen atoms in total. The molecule has 0 amide bonds. The van der Waals surface area contributed by atoms with E-state index in [4.69, 9.17) is 0 Å². The number of hydrogen-bond acceptors (Lipinski definition) is 2. The van der Waals surface area contributed by atoms with Crippen LogP contribution in [0.2, 0.25) is 0 Å². The Kier molecular flexibility index (Phi) is 4.00. The van der Waals surface area contributed by atoms with Crippen LogP contribution in [0.3, 0.4) is 0 Å². The van der Waals surface area contributed by atoms with Gasteiger partial charge in [-0.15, -0.1) is 0 Å². The van der Waals surface area contributed by atoms with Gasteiger partial charge in [0.2, 0.25) is 0 Å². The quantitative estimate of drug-likeness (QED) is 0.778. The van der Waals surface area contributed by atoms with E-state index in [0.29, 0.717) is 25.9 Å². The van der Waals surface area contributed by atoms with Gasteiger partial charge in [-0.05, 0) is 32.7 Å². The standard InChI is InChI=1S/C10H18F3NO/c1-9(15)3-2-6-14(7-4-9)8-5-10(11,12)13/h15H,2-8H2,1H3. The van der Waals surface area contributed by atoms with E-state index in [9.17, 15) is 18.3 Å². The van der Waals surface area contributed by atoms with Gasteiger partial charge < -0.3 is 10.0 Å². The number of nitrogens with zero attached hydrogens (tertiary/aromatic N) is 1. The Labute approximate surface area is 88.1 Å². The van der Waals surface area contributed by atoms with Crippen LogP contribution in [0.15, 0.2) is 0 Å². The molecule has 1 fully saturated rings. The van der Waals surface area contributed by atoms with Gasteiger partial charge in [0.15, 0.2) is 0 Å². The highest BCUT2D eigenvalue weighted by Gasteiger charge is 2.30. The molecule has 0 bridgehead atoms. The summed E-state index contributed by atoms with van der Waals surface area (Å²) in [6.45, 7) is 3.02. The SMILES string of the molecule is CC1(O)CCCN(CCC(F)(F)F)CC1. The summed E-state index contributed by atoms with van der Waals surface area (Å²) in [5, 5.41) is 9.75. The molecule has 1 saturated heterocycles. The van der Waals surface area contributed by atoms with Gasteiger partial charge in [0, 0.05) is 13.1 Å². The Morgan fingerprint density at radius 3 is 2.53 bits per heavy atom. The van der Waals surface area contributed by atoms with Gasteiger partial charge in [-0.25, -0.2) is 0 Å². The maximum atomic E-state index is 12.0.